The quantitative estimate of drug-likeness (QED) is 0.670. The average molecular weight is 219 g/mol. The van der Waals surface area contributed by atoms with E-state index in [0.29, 0.717) is 11.5 Å². The van der Waals surface area contributed by atoms with Gasteiger partial charge in [-0.1, -0.05) is 0 Å². The summed E-state index contributed by atoms with van der Waals surface area (Å²) in [6.07, 6.45) is 3.00. The fourth-order valence-corrected chi connectivity index (χ4v) is 1.22. The number of primary amides is 1. The number of nitrogens with zero attached hydrogens (tertiary/aromatic N) is 5. The third-order valence-corrected chi connectivity index (χ3v) is 1.91. The molecule has 2 aromatic heterocycles. The van der Waals surface area contributed by atoms with Crippen LogP contribution in [0.2, 0.25) is 0 Å². The highest BCUT2D eigenvalue weighted by Gasteiger charge is 2.14. The van der Waals surface area contributed by atoms with Gasteiger partial charge in [0.2, 0.25) is 0 Å². The average Bonchev–Trinajstić information content (AvgIpc) is 2.73. The van der Waals surface area contributed by atoms with E-state index >= 15 is 0 Å². The van der Waals surface area contributed by atoms with Gasteiger partial charge in [0.15, 0.2) is 17.3 Å². The van der Waals surface area contributed by atoms with E-state index in [2.05, 4.69) is 20.2 Å². The standard InChI is InChI=1S/C8H9N7O/c1-4-8(15-11-2-3-12-15)14-6(9)5(13-4)7(10)16/h2-3H,1H3,(H2,9,14)(H2,10,16). The summed E-state index contributed by atoms with van der Waals surface area (Å²) in [7, 11) is 0. The van der Waals surface area contributed by atoms with Crippen LogP contribution in [-0.4, -0.2) is 30.9 Å². The molecular weight excluding hydrogens is 210 g/mol. The molecule has 0 radical (unpaired) electrons. The summed E-state index contributed by atoms with van der Waals surface area (Å²) in [5.41, 5.74) is 11.1. The van der Waals surface area contributed by atoms with Crippen LogP contribution in [0.5, 0.6) is 0 Å². The van der Waals surface area contributed by atoms with Crippen molar-refractivity contribution in [1.29, 1.82) is 0 Å². The number of carbonyl (C=O) groups excluding carboxylic acids is 1. The summed E-state index contributed by atoms with van der Waals surface area (Å²) in [4.78, 5) is 20.2. The van der Waals surface area contributed by atoms with Gasteiger partial charge in [-0.2, -0.15) is 10.2 Å². The van der Waals surface area contributed by atoms with Gasteiger partial charge >= 0.3 is 0 Å². The van der Waals surface area contributed by atoms with E-state index in [-0.39, 0.29) is 11.5 Å². The van der Waals surface area contributed by atoms with Gasteiger partial charge < -0.3 is 11.5 Å². The van der Waals surface area contributed by atoms with E-state index < -0.39 is 5.91 Å². The van der Waals surface area contributed by atoms with E-state index in [1.165, 1.54) is 17.2 Å². The van der Waals surface area contributed by atoms with E-state index in [1.54, 1.807) is 6.92 Å². The Balaban J connectivity index is 2.59. The van der Waals surface area contributed by atoms with Crippen LogP contribution in [0.4, 0.5) is 5.82 Å². The van der Waals surface area contributed by atoms with Crippen LogP contribution in [0.25, 0.3) is 5.82 Å². The minimum absolute atomic E-state index is 0.0367. The molecule has 2 rings (SSSR count). The normalized spacial score (nSPS) is 10.3. The second kappa shape index (κ2) is 3.57. The van der Waals surface area contributed by atoms with Crippen LogP contribution in [0.3, 0.4) is 0 Å². The highest BCUT2D eigenvalue weighted by Crippen LogP contribution is 2.12. The number of nitrogen functional groups attached to an aromatic ring is 1. The van der Waals surface area contributed by atoms with Crippen molar-refractivity contribution in [2.45, 2.75) is 6.92 Å². The molecule has 0 aliphatic rings. The SMILES string of the molecule is Cc1nc(C(N)=O)c(N)nc1-n1nccn1. The maximum atomic E-state index is 11.0. The van der Waals surface area contributed by atoms with Crippen molar-refractivity contribution >= 4 is 11.7 Å². The maximum Gasteiger partial charge on any atom is 0.271 e. The van der Waals surface area contributed by atoms with Gasteiger partial charge in [-0.05, 0) is 6.92 Å². The molecule has 1 amide bonds. The molecule has 0 spiro atoms. The zero-order valence-electron chi connectivity index (χ0n) is 8.45. The molecule has 0 saturated carbocycles. The van der Waals surface area contributed by atoms with E-state index in [9.17, 15) is 4.79 Å². The van der Waals surface area contributed by atoms with Gasteiger partial charge in [0.25, 0.3) is 5.91 Å². The molecule has 2 aromatic rings. The fraction of sp³-hybridized carbons (Fsp3) is 0.125. The van der Waals surface area contributed by atoms with Gasteiger partial charge in [0.1, 0.15) is 0 Å². The number of rotatable bonds is 2. The number of aryl methyl sites for hydroxylation is 1. The van der Waals surface area contributed by atoms with Crippen LogP contribution in [-0.2, 0) is 0 Å². The molecule has 0 bridgehead atoms. The van der Waals surface area contributed by atoms with Gasteiger partial charge in [-0.15, -0.1) is 4.80 Å². The van der Waals surface area contributed by atoms with Gasteiger partial charge in [-0.3, -0.25) is 4.79 Å². The summed E-state index contributed by atoms with van der Waals surface area (Å²) in [5, 5.41) is 7.79. The molecule has 8 nitrogen and oxygen atoms in total. The lowest BCUT2D eigenvalue weighted by Crippen LogP contribution is -2.19. The highest BCUT2D eigenvalue weighted by atomic mass is 16.1. The third kappa shape index (κ3) is 1.56. The zero-order chi connectivity index (χ0) is 11.7. The molecule has 2 heterocycles. The minimum atomic E-state index is -0.715. The number of hydrogen-bond donors (Lipinski definition) is 2. The van der Waals surface area contributed by atoms with Crippen molar-refractivity contribution in [2.75, 3.05) is 5.73 Å². The first kappa shape index (κ1) is 10.0. The number of amides is 1. The first-order valence-corrected chi connectivity index (χ1v) is 4.40. The smallest absolute Gasteiger partial charge is 0.271 e. The van der Waals surface area contributed by atoms with Crippen molar-refractivity contribution in [1.82, 2.24) is 25.0 Å². The van der Waals surface area contributed by atoms with Gasteiger partial charge in [0, 0.05) is 0 Å². The van der Waals surface area contributed by atoms with E-state index in [1.807, 2.05) is 0 Å². The summed E-state index contributed by atoms with van der Waals surface area (Å²) in [5.74, 6) is -0.383. The van der Waals surface area contributed by atoms with Gasteiger partial charge in [-0.25, -0.2) is 9.97 Å². The Morgan fingerprint density at radius 1 is 1.31 bits per heavy atom. The summed E-state index contributed by atoms with van der Waals surface area (Å²) in [6.45, 7) is 1.66. The molecule has 0 aliphatic heterocycles. The van der Waals surface area contributed by atoms with E-state index in [4.69, 9.17) is 11.5 Å². The first-order valence-electron chi connectivity index (χ1n) is 4.40. The van der Waals surface area contributed by atoms with Crippen molar-refractivity contribution < 1.29 is 4.79 Å². The second-order valence-corrected chi connectivity index (χ2v) is 3.05. The van der Waals surface area contributed by atoms with E-state index in [0.717, 1.165) is 0 Å². The summed E-state index contributed by atoms with van der Waals surface area (Å²) < 4.78 is 0. The zero-order valence-corrected chi connectivity index (χ0v) is 8.45. The predicted octanol–water partition coefficient (Wildman–Crippen LogP) is -0.953. The largest absolute Gasteiger partial charge is 0.382 e. The monoisotopic (exact) mass is 219 g/mol. The Morgan fingerprint density at radius 3 is 2.50 bits per heavy atom. The molecule has 8 heteroatoms. The highest BCUT2D eigenvalue weighted by molar-refractivity contribution is 5.95. The molecule has 0 atom stereocenters. The summed E-state index contributed by atoms with van der Waals surface area (Å²) in [6, 6.07) is 0. The van der Waals surface area contributed by atoms with Crippen molar-refractivity contribution in [3.05, 3.63) is 23.8 Å². The number of hydrogen-bond acceptors (Lipinski definition) is 6. The van der Waals surface area contributed by atoms with Gasteiger partial charge in [0.05, 0.1) is 18.1 Å². The number of aromatic nitrogens is 5. The second-order valence-electron chi connectivity index (χ2n) is 3.05. The molecule has 4 N–H and O–H groups in total. The van der Waals surface area contributed by atoms with Crippen molar-refractivity contribution in [3.63, 3.8) is 0 Å². The maximum absolute atomic E-state index is 11.0. The molecule has 82 valence electrons. The molecule has 0 unspecified atom stereocenters. The number of nitrogens with two attached hydrogens (primary N) is 2. The fourth-order valence-electron chi connectivity index (χ4n) is 1.22. The Hall–Kier alpha value is -2.51. The molecule has 16 heavy (non-hydrogen) atoms. The van der Waals surface area contributed by atoms with Crippen LogP contribution >= 0.6 is 0 Å². The lowest BCUT2D eigenvalue weighted by atomic mass is 10.3. The number of anilines is 1. The third-order valence-electron chi connectivity index (χ3n) is 1.91. The predicted molar refractivity (Wildman–Crippen MR) is 54.6 cm³/mol. The Bertz CT molecular complexity index is 534. The van der Waals surface area contributed by atoms with Crippen LogP contribution < -0.4 is 11.5 Å². The molecule has 0 saturated heterocycles. The van der Waals surface area contributed by atoms with Crippen LogP contribution in [0, 0.1) is 6.92 Å². The topological polar surface area (TPSA) is 126 Å². The van der Waals surface area contributed by atoms with Crippen molar-refractivity contribution in [3.8, 4) is 5.82 Å². The Morgan fingerprint density at radius 2 is 1.94 bits per heavy atom. The lowest BCUT2D eigenvalue weighted by Gasteiger charge is -2.06. The summed E-state index contributed by atoms with van der Waals surface area (Å²) >= 11 is 0. The Kier molecular flexibility index (Phi) is 2.24. The minimum Gasteiger partial charge on any atom is -0.382 e. The number of carbonyl (C=O) groups is 1. The molecule has 0 aliphatic carbocycles. The Labute approximate surface area is 90.3 Å². The van der Waals surface area contributed by atoms with Crippen molar-refractivity contribution in [2.24, 2.45) is 5.73 Å². The van der Waals surface area contributed by atoms with Crippen LogP contribution in [0.1, 0.15) is 16.2 Å². The molecular formula is C8H9N7O. The van der Waals surface area contributed by atoms with Crippen LogP contribution in [0.15, 0.2) is 12.4 Å². The molecule has 0 aromatic carbocycles. The lowest BCUT2D eigenvalue weighted by molar-refractivity contribution is 0.0996. The first-order chi connectivity index (χ1) is 7.59. The molecule has 0 fully saturated rings.